The molecule has 2 saturated heterocycles. The summed E-state index contributed by atoms with van der Waals surface area (Å²) in [7, 11) is 0. The molecule has 0 spiro atoms. The number of cyclic esters (lactones) is 1. The second kappa shape index (κ2) is 17.7. The van der Waals surface area contributed by atoms with Gasteiger partial charge >= 0.3 is 5.97 Å². The molecule has 4 aliphatic rings. The fourth-order valence-electron chi connectivity index (χ4n) is 8.17. The minimum Gasteiger partial charge on any atom is -0.462 e. The van der Waals surface area contributed by atoms with E-state index in [-0.39, 0.29) is 66.8 Å². The van der Waals surface area contributed by atoms with E-state index in [9.17, 15) is 24.9 Å². The molecule has 3 N–H and O–H groups in total. The van der Waals surface area contributed by atoms with E-state index in [1.165, 1.54) is 0 Å². The molecule has 0 saturated carbocycles. The number of carbonyl (C=O) groups is 2. The maximum atomic E-state index is 13.6. The van der Waals surface area contributed by atoms with Crippen molar-refractivity contribution in [1.82, 2.24) is 0 Å². The van der Waals surface area contributed by atoms with Gasteiger partial charge in [-0.3, -0.25) is 9.59 Å². The van der Waals surface area contributed by atoms with Crippen LogP contribution in [0.15, 0.2) is 35.5 Å². The maximum Gasteiger partial charge on any atom is 0.308 e. The maximum absolute atomic E-state index is 13.6. The van der Waals surface area contributed by atoms with E-state index < -0.39 is 48.3 Å². The minimum atomic E-state index is -0.966. The molecule has 0 aromatic heterocycles. The van der Waals surface area contributed by atoms with Crippen LogP contribution in [0.25, 0.3) is 0 Å². The van der Waals surface area contributed by atoms with E-state index in [0.29, 0.717) is 25.7 Å². The molecular formula is C40H64O10. The molecule has 4 aliphatic heterocycles. The van der Waals surface area contributed by atoms with Crippen LogP contribution in [0, 0.1) is 23.7 Å². The third kappa shape index (κ3) is 10.1. The molecule has 0 amide bonds. The normalized spacial score (nSPS) is 43.6. The molecule has 4 rings (SSSR count). The van der Waals surface area contributed by atoms with E-state index in [1.807, 2.05) is 46.8 Å². The fourth-order valence-corrected chi connectivity index (χ4v) is 8.17. The van der Waals surface area contributed by atoms with Crippen LogP contribution < -0.4 is 0 Å². The van der Waals surface area contributed by atoms with E-state index in [0.717, 1.165) is 24.0 Å². The number of aliphatic hydroxyl groups is 3. The molecule has 10 nitrogen and oxygen atoms in total. The highest BCUT2D eigenvalue weighted by molar-refractivity contribution is 5.89. The van der Waals surface area contributed by atoms with Crippen LogP contribution in [-0.4, -0.2) is 93.9 Å². The summed E-state index contributed by atoms with van der Waals surface area (Å²) in [5.74, 6) is -1.04. The lowest BCUT2D eigenvalue weighted by molar-refractivity contribution is -0.254. The first-order valence-corrected chi connectivity index (χ1v) is 19.0. The van der Waals surface area contributed by atoms with E-state index in [1.54, 1.807) is 6.92 Å². The van der Waals surface area contributed by atoms with Gasteiger partial charge in [0.15, 0.2) is 17.7 Å². The number of ether oxygens (including phenoxy) is 5. The Kier molecular flexibility index (Phi) is 14.5. The molecule has 2 bridgehead atoms. The topological polar surface area (TPSA) is 144 Å². The second-order valence-electron chi connectivity index (χ2n) is 15.8. The number of hydrogen-bond donors (Lipinski definition) is 3. The largest absolute Gasteiger partial charge is 0.462 e. The first-order valence-electron chi connectivity index (χ1n) is 19.0. The molecule has 4 heterocycles. The van der Waals surface area contributed by atoms with Crippen molar-refractivity contribution in [3.63, 3.8) is 0 Å². The first kappa shape index (κ1) is 40.8. The van der Waals surface area contributed by atoms with Crippen molar-refractivity contribution in [3.05, 3.63) is 35.5 Å². The van der Waals surface area contributed by atoms with Crippen LogP contribution >= 0.6 is 0 Å². The number of esters is 1. The molecule has 284 valence electrons. The monoisotopic (exact) mass is 704 g/mol. The number of allylic oxidation sites excluding steroid dienone is 1. The van der Waals surface area contributed by atoms with Gasteiger partial charge in [-0.05, 0) is 82.8 Å². The predicted molar refractivity (Wildman–Crippen MR) is 190 cm³/mol. The zero-order valence-electron chi connectivity index (χ0n) is 31.7. The summed E-state index contributed by atoms with van der Waals surface area (Å²) in [4.78, 5) is 26.1. The molecule has 10 heteroatoms. The Morgan fingerprint density at radius 1 is 1.02 bits per heavy atom. The average Bonchev–Trinajstić information content (AvgIpc) is 3.78. The highest BCUT2D eigenvalue weighted by atomic mass is 16.7. The number of fused-ring (bicyclic) bond motifs is 2. The predicted octanol–water partition coefficient (Wildman–Crippen LogP) is 5.75. The van der Waals surface area contributed by atoms with Gasteiger partial charge in [-0.1, -0.05) is 58.9 Å². The SMILES string of the molecule is CCC(=O)[C@]1(C)O[C@H]1[C@H](C)C[C@@H](C)[C@H]1OC(=O)CC2CC=C(C)[C@H](O2)/C(C)=C/CCC[C@@H](O[C@H]2C[C@@H](O)[C@H](O)[C@@H](C)O2)/C=C/[C@H](C)[C@H](O)[C@H]1C. The number of rotatable bonds is 8. The van der Waals surface area contributed by atoms with Crippen molar-refractivity contribution < 1.29 is 48.6 Å². The van der Waals surface area contributed by atoms with Gasteiger partial charge in [-0.15, -0.1) is 0 Å². The molecule has 1 unspecified atom stereocenters. The molecule has 0 radical (unpaired) electrons. The number of carbonyl (C=O) groups excluding carboxylic acids is 2. The number of ketones is 1. The molecule has 0 aromatic rings. The summed E-state index contributed by atoms with van der Waals surface area (Å²) in [6.45, 7) is 17.5. The van der Waals surface area contributed by atoms with Gasteiger partial charge in [0.25, 0.3) is 0 Å². The highest BCUT2D eigenvalue weighted by Gasteiger charge is 2.59. The third-order valence-electron chi connectivity index (χ3n) is 11.5. The summed E-state index contributed by atoms with van der Waals surface area (Å²) in [5, 5.41) is 32.3. The Hall–Kier alpha value is -1.92. The van der Waals surface area contributed by atoms with Crippen molar-refractivity contribution in [1.29, 1.82) is 0 Å². The lowest BCUT2D eigenvalue weighted by Crippen LogP contribution is -2.48. The van der Waals surface area contributed by atoms with E-state index in [4.69, 9.17) is 23.7 Å². The van der Waals surface area contributed by atoms with E-state index in [2.05, 4.69) is 32.9 Å². The quantitative estimate of drug-likeness (QED) is 0.162. The Morgan fingerprint density at radius 2 is 1.72 bits per heavy atom. The van der Waals surface area contributed by atoms with Crippen molar-refractivity contribution in [2.45, 2.75) is 181 Å². The summed E-state index contributed by atoms with van der Waals surface area (Å²) < 4.78 is 30.9. The average molecular weight is 705 g/mol. The second-order valence-corrected chi connectivity index (χ2v) is 15.8. The Bertz CT molecular complexity index is 1230. The van der Waals surface area contributed by atoms with Crippen LogP contribution in [0.4, 0.5) is 0 Å². The molecule has 2 fully saturated rings. The zero-order valence-corrected chi connectivity index (χ0v) is 31.7. The lowest BCUT2D eigenvalue weighted by Gasteiger charge is -2.37. The van der Waals surface area contributed by atoms with Crippen LogP contribution in [0.1, 0.15) is 114 Å². The summed E-state index contributed by atoms with van der Waals surface area (Å²) in [5.41, 5.74) is 1.44. The highest BCUT2D eigenvalue weighted by Crippen LogP contribution is 2.45. The summed E-state index contributed by atoms with van der Waals surface area (Å²) >= 11 is 0. The van der Waals surface area contributed by atoms with Gasteiger partial charge in [0.05, 0.1) is 49.1 Å². The number of aliphatic hydroxyl groups excluding tert-OH is 3. The smallest absolute Gasteiger partial charge is 0.308 e. The van der Waals surface area contributed by atoms with Crippen LogP contribution in [-0.2, 0) is 33.3 Å². The number of epoxide rings is 1. The van der Waals surface area contributed by atoms with Gasteiger partial charge < -0.3 is 39.0 Å². The molecule has 0 aliphatic carbocycles. The number of Topliss-reactive ketones (excluding diaryl/α,β-unsaturated/α-hetero) is 1. The molecule has 0 aromatic carbocycles. The zero-order chi connectivity index (χ0) is 36.9. The number of hydrogen-bond acceptors (Lipinski definition) is 10. The standard InChI is InChI=1S/C40H64O10/c1-10-32(42)40(9)39(50-40)26(6)19-25(5)38-27(7)35(44)22(2)15-17-29(47-34-21-31(41)36(45)28(8)46-34)14-12-11-13-23(3)37-24(4)16-18-30(48-37)20-33(43)49-38/h13,15-17,22,25-31,34-39,41,44-45H,10-12,14,18-21H2,1-9H3/b17-15+,23-13+/t22-,25+,26+,27+,28+,29+,30?,31+,34-,35-,36+,37+,38+,39-,40-/m0/s1. The summed E-state index contributed by atoms with van der Waals surface area (Å²) in [6.07, 6.45) is 6.88. The fraction of sp³-hybridized carbons (Fsp3) is 0.800. The van der Waals surface area contributed by atoms with Crippen molar-refractivity contribution in [2.24, 2.45) is 23.7 Å². The van der Waals surface area contributed by atoms with Gasteiger partial charge in [-0.2, -0.15) is 0 Å². The third-order valence-corrected chi connectivity index (χ3v) is 11.5. The molecule has 50 heavy (non-hydrogen) atoms. The Labute approximate surface area is 299 Å². The summed E-state index contributed by atoms with van der Waals surface area (Å²) in [6, 6.07) is 0. The minimum absolute atomic E-state index is 0.0477. The Balaban J connectivity index is 1.57. The first-order chi connectivity index (χ1) is 23.5. The van der Waals surface area contributed by atoms with Crippen molar-refractivity contribution in [2.75, 3.05) is 0 Å². The van der Waals surface area contributed by atoms with E-state index >= 15 is 0 Å². The Morgan fingerprint density at radius 3 is 2.40 bits per heavy atom. The van der Waals surface area contributed by atoms with Gasteiger partial charge in [0.1, 0.15) is 12.2 Å². The van der Waals surface area contributed by atoms with Gasteiger partial charge in [0, 0.05) is 24.7 Å². The van der Waals surface area contributed by atoms with Crippen molar-refractivity contribution >= 4 is 11.8 Å². The molecule has 15 atom stereocenters. The molecular weight excluding hydrogens is 640 g/mol. The van der Waals surface area contributed by atoms with Crippen molar-refractivity contribution in [3.8, 4) is 0 Å². The van der Waals surface area contributed by atoms with Crippen LogP contribution in [0.2, 0.25) is 0 Å². The van der Waals surface area contributed by atoms with Crippen LogP contribution in [0.3, 0.4) is 0 Å². The van der Waals surface area contributed by atoms with Gasteiger partial charge in [-0.25, -0.2) is 0 Å². The van der Waals surface area contributed by atoms with Gasteiger partial charge in [0.2, 0.25) is 0 Å². The lowest BCUT2D eigenvalue weighted by atomic mass is 9.79. The van der Waals surface area contributed by atoms with Crippen LogP contribution in [0.5, 0.6) is 0 Å².